The van der Waals surface area contributed by atoms with Gasteiger partial charge in [-0.05, 0) is 26.2 Å². The molecule has 0 unspecified atom stereocenters. The molecule has 4 aliphatic rings. The van der Waals surface area contributed by atoms with Gasteiger partial charge >= 0.3 is 30.8 Å². The minimum Gasteiger partial charge on any atom is -0.450 e. The molecule has 0 spiro atoms. The maximum atomic E-state index is 10.6. The summed E-state index contributed by atoms with van der Waals surface area (Å²) < 4.78 is 44.2. The normalized spacial score (nSPS) is 16.8. The van der Waals surface area contributed by atoms with E-state index in [2.05, 4.69) is 37.9 Å². The van der Waals surface area contributed by atoms with E-state index in [1.54, 1.807) is 6.92 Å². The van der Waals surface area contributed by atoms with Gasteiger partial charge in [0.15, 0.2) is 6.29 Å². The number of carbonyl (C=O) groups is 6. The highest BCUT2D eigenvalue weighted by atomic mass is 16.8. The van der Waals surface area contributed by atoms with Crippen molar-refractivity contribution in [2.45, 2.75) is 38.9 Å². The second kappa shape index (κ2) is 24.0. The van der Waals surface area contributed by atoms with Crippen LogP contribution in [0.1, 0.15) is 32.6 Å². The summed E-state index contributed by atoms with van der Waals surface area (Å²) in [5.74, 6) is 0.241. The molecule has 0 aromatic rings. The standard InChI is InChI=1S/C9H16O3.C4H6O6.3C3H4O3/c1-8(10)4-2-5-9-11-6-3-7-12-9;5-3(6)9-1-2-10-4(7)8;3*4-3-5-1-2-6-3/h9H,2-7H2,1H3;1-2H2,(H,5,6)(H,7,8);3*1-2H2. The smallest absolute Gasteiger partial charge is 0.450 e. The van der Waals surface area contributed by atoms with Crippen molar-refractivity contribution >= 4 is 36.6 Å². The monoisotopic (exact) mass is 586 g/mol. The van der Waals surface area contributed by atoms with Gasteiger partial charge < -0.3 is 62.4 Å². The number of hydrogen-bond donors (Lipinski definition) is 2. The van der Waals surface area contributed by atoms with Gasteiger partial charge in [0.1, 0.15) is 58.6 Å². The van der Waals surface area contributed by atoms with Crippen LogP contribution >= 0.6 is 0 Å². The number of Topliss-reactive ketones (excluding diaryl/α,β-unsaturated/α-hetero) is 1. The van der Waals surface area contributed by atoms with Crippen LogP contribution in [0.3, 0.4) is 0 Å². The highest BCUT2D eigenvalue weighted by Crippen LogP contribution is 2.11. The lowest BCUT2D eigenvalue weighted by Crippen LogP contribution is -2.24. The van der Waals surface area contributed by atoms with Crippen LogP contribution < -0.4 is 0 Å². The fourth-order valence-corrected chi connectivity index (χ4v) is 2.35. The fourth-order valence-electron chi connectivity index (χ4n) is 2.35. The third kappa shape index (κ3) is 25.6. The minimum absolute atomic E-state index is 0.0573. The first-order valence-electron chi connectivity index (χ1n) is 11.9. The van der Waals surface area contributed by atoms with Crippen molar-refractivity contribution in [1.82, 2.24) is 0 Å². The van der Waals surface area contributed by atoms with Crippen LogP contribution in [0.25, 0.3) is 0 Å². The van der Waals surface area contributed by atoms with Crippen LogP contribution in [-0.2, 0) is 52.2 Å². The predicted octanol–water partition coefficient (Wildman–Crippen LogP) is 2.34. The number of carboxylic acid groups (broad SMARTS) is 2. The number of cyclic esters (lactones) is 6. The van der Waals surface area contributed by atoms with Crippen molar-refractivity contribution in [3.63, 3.8) is 0 Å². The van der Waals surface area contributed by atoms with Gasteiger partial charge in [0.05, 0.1) is 13.2 Å². The van der Waals surface area contributed by atoms with E-state index in [0.717, 1.165) is 32.5 Å². The molecule has 230 valence electrons. The molecule has 0 bridgehead atoms. The first-order chi connectivity index (χ1) is 19.1. The number of carbonyl (C=O) groups excluding carboxylic acids is 4. The Morgan fingerprint density at radius 1 is 0.675 bits per heavy atom. The number of ether oxygens (including phenoxy) is 10. The number of hydrogen-bond acceptors (Lipinski definition) is 16. The van der Waals surface area contributed by atoms with E-state index >= 15 is 0 Å². The van der Waals surface area contributed by atoms with E-state index in [1.165, 1.54) is 0 Å². The molecule has 18 nitrogen and oxygen atoms in total. The minimum atomic E-state index is -1.45. The highest BCUT2D eigenvalue weighted by molar-refractivity contribution is 5.75. The van der Waals surface area contributed by atoms with Crippen molar-refractivity contribution < 1.29 is 86.3 Å². The molecule has 0 aromatic carbocycles. The van der Waals surface area contributed by atoms with Crippen LogP contribution in [0.15, 0.2) is 0 Å². The average Bonchev–Trinajstić information content (AvgIpc) is 3.69. The Morgan fingerprint density at radius 2 is 1.02 bits per heavy atom. The number of ketones is 1. The van der Waals surface area contributed by atoms with Gasteiger partial charge in [0, 0.05) is 6.42 Å². The van der Waals surface area contributed by atoms with E-state index < -0.39 is 30.8 Å². The second-order valence-corrected chi connectivity index (χ2v) is 7.19. The molecule has 18 heteroatoms. The zero-order valence-corrected chi connectivity index (χ0v) is 21.9. The highest BCUT2D eigenvalue weighted by Gasteiger charge is 2.13. The van der Waals surface area contributed by atoms with Crippen molar-refractivity contribution in [1.29, 1.82) is 0 Å². The lowest BCUT2D eigenvalue weighted by Gasteiger charge is -2.22. The average molecular weight is 586 g/mol. The van der Waals surface area contributed by atoms with Crippen LogP contribution in [-0.4, -0.2) is 119 Å². The summed E-state index contributed by atoms with van der Waals surface area (Å²) in [5, 5.41) is 15.7. The molecule has 0 saturated carbocycles. The van der Waals surface area contributed by atoms with Crippen LogP contribution in [0, 0.1) is 0 Å². The molecule has 0 aromatic heterocycles. The Morgan fingerprint density at radius 3 is 1.27 bits per heavy atom. The van der Waals surface area contributed by atoms with Crippen LogP contribution in [0.5, 0.6) is 0 Å². The van der Waals surface area contributed by atoms with Gasteiger partial charge in [-0.1, -0.05) is 0 Å². The predicted molar refractivity (Wildman–Crippen MR) is 125 cm³/mol. The number of rotatable bonds is 7. The summed E-state index contributed by atoms with van der Waals surface area (Å²) in [6.45, 7) is 5.15. The summed E-state index contributed by atoms with van der Waals surface area (Å²) in [7, 11) is 0. The Hall–Kier alpha value is -4.06. The van der Waals surface area contributed by atoms with Gasteiger partial charge in [-0.2, -0.15) is 0 Å². The quantitative estimate of drug-likeness (QED) is 0.247. The molecule has 4 aliphatic heterocycles. The molecule has 2 N–H and O–H groups in total. The first-order valence-corrected chi connectivity index (χ1v) is 11.9. The maximum absolute atomic E-state index is 10.6. The molecular formula is C22H34O18. The summed E-state index contributed by atoms with van der Waals surface area (Å²) >= 11 is 0. The van der Waals surface area contributed by atoms with E-state index in [9.17, 15) is 28.8 Å². The third-order valence-electron chi connectivity index (χ3n) is 3.97. The molecular weight excluding hydrogens is 552 g/mol. The lowest BCUT2D eigenvalue weighted by atomic mass is 10.2. The largest absolute Gasteiger partial charge is 0.508 e. The Kier molecular flexibility index (Phi) is 21.6. The zero-order valence-electron chi connectivity index (χ0n) is 21.9. The van der Waals surface area contributed by atoms with E-state index in [4.69, 9.17) is 19.7 Å². The first kappa shape index (κ1) is 35.9. The summed E-state index contributed by atoms with van der Waals surface area (Å²) in [4.78, 5) is 59.2. The van der Waals surface area contributed by atoms with Crippen LogP contribution in [0.2, 0.25) is 0 Å². The van der Waals surface area contributed by atoms with Gasteiger partial charge in [-0.25, -0.2) is 24.0 Å². The maximum Gasteiger partial charge on any atom is 0.508 e. The summed E-state index contributed by atoms with van der Waals surface area (Å²) in [6, 6.07) is 0. The van der Waals surface area contributed by atoms with Gasteiger partial charge in [-0.15, -0.1) is 0 Å². The zero-order chi connectivity index (χ0) is 30.0. The molecule has 4 heterocycles. The van der Waals surface area contributed by atoms with Gasteiger partial charge in [0.2, 0.25) is 0 Å². The van der Waals surface area contributed by atoms with Crippen molar-refractivity contribution in [3.8, 4) is 0 Å². The van der Waals surface area contributed by atoms with Gasteiger partial charge in [0.25, 0.3) is 0 Å². The molecule has 0 amide bonds. The molecule has 4 fully saturated rings. The van der Waals surface area contributed by atoms with E-state index in [0.29, 0.717) is 46.1 Å². The van der Waals surface area contributed by atoms with Crippen LogP contribution in [0.4, 0.5) is 24.0 Å². The fraction of sp³-hybridized carbons (Fsp3) is 0.727. The molecule has 0 aliphatic carbocycles. The molecule has 40 heavy (non-hydrogen) atoms. The van der Waals surface area contributed by atoms with E-state index in [-0.39, 0.29) is 25.3 Å². The van der Waals surface area contributed by atoms with Gasteiger partial charge in [-0.3, -0.25) is 0 Å². The van der Waals surface area contributed by atoms with Crippen molar-refractivity contribution in [3.05, 3.63) is 0 Å². The molecule has 0 atom stereocenters. The SMILES string of the molecule is CC(=O)CCCC1OCCCO1.O=C(O)OCCOC(=O)O.O=C1OCCO1.O=C1OCCO1.O=C1OCCO1. The third-order valence-corrected chi connectivity index (χ3v) is 3.97. The van der Waals surface area contributed by atoms with Crippen molar-refractivity contribution in [2.24, 2.45) is 0 Å². The molecule has 0 radical (unpaired) electrons. The Labute approximate surface area is 228 Å². The molecule has 4 rings (SSSR count). The molecule has 4 saturated heterocycles. The summed E-state index contributed by atoms with van der Waals surface area (Å²) in [6.07, 6.45) is -1.24. The Balaban J connectivity index is 0.000000491. The Bertz CT molecular complexity index is 675. The summed E-state index contributed by atoms with van der Waals surface area (Å²) in [5.41, 5.74) is 0. The topological polar surface area (TPSA) is 235 Å². The second-order valence-electron chi connectivity index (χ2n) is 7.19. The van der Waals surface area contributed by atoms with E-state index in [1.807, 2.05) is 0 Å². The van der Waals surface area contributed by atoms with Crippen molar-refractivity contribution in [2.75, 3.05) is 66.1 Å². The lowest BCUT2D eigenvalue weighted by molar-refractivity contribution is -0.181.